The predicted octanol–water partition coefficient (Wildman–Crippen LogP) is 35.0. The summed E-state index contributed by atoms with van der Waals surface area (Å²) in [6, 6.07) is 168. The lowest BCUT2D eigenvalue weighted by atomic mass is 9.70. The third kappa shape index (κ3) is 12.7. The first-order valence-corrected chi connectivity index (χ1v) is 50.2. The Bertz CT molecular complexity index is 10400. The minimum atomic E-state index is -0.473. The fraction of sp³-hybridized carbons (Fsp3) is 0.0365. The van der Waals surface area contributed by atoms with Crippen LogP contribution in [0.5, 0.6) is 0 Å². The van der Waals surface area contributed by atoms with Crippen molar-refractivity contribution in [2.24, 2.45) is 0 Å². The molecule has 31 rings (SSSR count). The summed E-state index contributed by atoms with van der Waals surface area (Å²) in [5.74, 6) is 0. The van der Waals surface area contributed by atoms with Crippen LogP contribution in [0.15, 0.2) is 467 Å². The number of nitrogens with zero attached hydrogens (tertiary/aromatic N) is 9. The van der Waals surface area contributed by atoms with E-state index in [2.05, 4.69) is 509 Å². The highest BCUT2D eigenvalue weighted by Gasteiger charge is 2.52. The fourth-order valence-corrected chi connectivity index (χ4v) is 24.9. The topological polar surface area (TPSA) is 92.1 Å². The van der Waals surface area contributed by atoms with Crippen LogP contribution in [0.1, 0.15) is 44.6 Å². The van der Waals surface area contributed by atoms with Crippen LogP contribution in [-0.4, -0.2) is 43.6 Å². The number of hydrogen-bond acceptors (Lipinski definition) is 6. The highest BCUT2D eigenvalue weighted by atomic mass is 15.0. The van der Waals surface area contributed by atoms with Crippen LogP contribution >= 0.6 is 0 Å². The maximum Gasteiger partial charge on any atom is 0.0979 e. The average Bonchev–Trinajstić information content (AvgIpc) is 1.50. The van der Waals surface area contributed by atoms with E-state index < -0.39 is 5.41 Å². The Labute approximate surface area is 841 Å². The molecule has 0 fully saturated rings. The molecule has 9 heteroatoms. The van der Waals surface area contributed by atoms with E-state index in [9.17, 15) is 0 Å². The summed E-state index contributed by atoms with van der Waals surface area (Å²) >= 11 is 0. The highest BCUT2D eigenvalue weighted by Crippen LogP contribution is 2.64. The number of rotatable bonds is 8. The molecule has 23 aromatic carbocycles. The minimum Gasteiger partial charge on any atom is -0.309 e. The molecule has 0 amide bonds. The molecule has 1 spiro atoms. The quantitative estimate of drug-likeness (QED) is 0.141. The SMILES string of the molecule is Cc1cc(C)c(-c2nc3c4ccccc4c4ccccc4c3nc2-c2cccc(-n3c4ccccc4c4ccccc43)c2)c(C)c1.Cc1nc2c3ccccc3c3ccccc3c2nc1-c1ccc(-n2c3ccccc3c3ccccc32)cc1.c1cc(-c2nc3c4ccccc4c4ccccc4c3nc2-c2ccc3c(c2)C2(c4ccccc4-c4ccccc42)c2ccccc2-3)cc(-n2c3ccccc3c3ccccc32)c1. The summed E-state index contributed by atoms with van der Waals surface area (Å²) in [5.41, 5.74) is 40.3. The second-order valence-electron chi connectivity index (χ2n) is 39.0. The molecule has 0 aliphatic heterocycles. The van der Waals surface area contributed by atoms with Gasteiger partial charge < -0.3 is 13.7 Å². The molecule has 29 aromatic rings. The van der Waals surface area contributed by atoms with Crippen LogP contribution in [0.4, 0.5) is 0 Å². The molecule has 0 N–H and O–H groups in total. The van der Waals surface area contributed by atoms with Crippen LogP contribution in [0.25, 0.3) is 259 Å². The first kappa shape index (κ1) is 84.0. The van der Waals surface area contributed by atoms with E-state index in [1.807, 2.05) is 0 Å². The van der Waals surface area contributed by atoms with Gasteiger partial charge in [-0.1, -0.05) is 394 Å². The summed E-state index contributed by atoms with van der Waals surface area (Å²) in [6.45, 7) is 8.61. The molecule has 2 aliphatic carbocycles. The Morgan fingerprint density at radius 1 is 0.171 bits per heavy atom. The summed E-state index contributed by atoms with van der Waals surface area (Å²) in [6.07, 6.45) is 0. The van der Waals surface area contributed by atoms with E-state index in [0.29, 0.717) is 0 Å². The van der Waals surface area contributed by atoms with Gasteiger partial charge in [0.05, 0.1) is 106 Å². The molecule has 0 unspecified atom stereocenters. The lowest BCUT2D eigenvalue weighted by molar-refractivity contribution is 0.794. The molecule has 2 aliphatic rings. The maximum absolute atomic E-state index is 5.80. The minimum absolute atomic E-state index is 0.473. The smallest absolute Gasteiger partial charge is 0.0979 e. The molecule has 6 heterocycles. The molecule has 0 saturated carbocycles. The van der Waals surface area contributed by atoms with Crippen LogP contribution in [0.2, 0.25) is 0 Å². The van der Waals surface area contributed by atoms with E-state index in [0.717, 1.165) is 144 Å². The first-order valence-electron chi connectivity index (χ1n) is 50.2. The van der Waals surface area contributed by atoms with Crippen molar-refractivity contribution in [3.05, 3.63) is 512 Å². The van der Waals surface area contributed by atoms with Gasteiger partial charge in [0, 0.05) is 110 Å². The van der Waals surface area contributed by atoms with Crippen LogP contribution in [0.3, 0.4) is 0 Å². The molecular formula is C137H89N9. The normalized spacial score (nSPS) is 12.4. The predicted molar refractivity (Wildman–Crippen MR) is 609 cm³/mol. The van der Waals surface area contributed by atoms with Gasteiger partial charge >= 0.3 is 0 Å². The summed E-state index contributed by atoms with van der Waals surface area (Å²) in [5, 5.41) is 21.4. The summed E-state index contributed by atoms with van der Waals surface area (Å²) in [4.78, 5) is 33.1. The van der Waals surface area contributed by atoms with Gasteiger partial charge in [-0.15, -0.1) is 0 Å². The van der Waals surface area contributed by atoms with Crippen molar-refractivity contribution in [1.82, 2.24) is 43.6 Å². The maximum atomic E-state index is 5.80. The van der Waals surface area contributed by atoms with Crippen LogP contribution < -0.4 is 0 Å². The van der Waals surface area contributed by atoms with E-state index >= 15 is 0 Å². The van der Waals surface area contributed by atoms with Crippen molar-refractivity contribution in [3.63, 3.8) is 0 Å². The third-order valence-electron chi connectivity index (χ3n) is 30.9. The van der Waals surface area contributed by atoms with E-state index in [4.69, 9.17) is 29.9 Å². The number of aromatic nitrogens is 9. The monoisotopic (exact) mass is 1860 g/mol. The average molecular weight is 1860 g/mol. The zero-order valence-corrected chi connectivity index (χ0v) is 80.5. The molecular weight excluding hydrogens is 1770 g/mol. The first-order chi connectivity index (χ1) is 72.1. The molecule has 6 aromatic heterocycles. The van der Waals surface area contributed by atoms with E-state index in [1.54, 1.807) is 0 Å². The number of hydrogen-bond donors (Lipinski definition) is 0. The largest absolute Gasteiger partial charge is 0.309 e. The molecule has 146 heavy (non-hydrogen) atoms. The number of aryl methyl sites for hydroxylation is 4. The van der Waals surface area contributed by atoms with Gasteiger partial charge in [0.25, 0.3) is 0 Å². The molecule has 0 radical (unpaired) electrons. The summed E-state index contributed by atoms with van der Waals surface area (Å²) in [7, 11) is 0. The zero-order chi connectivity index (χ0) is 96.7. The Kier molecular flexibility index (Phi) is 19.0. The van der Waals surface area contributed by atoms with Gasteiger partial charge in [0.2, 0.25) is 0 Å². The highest BCUT2D eigenvalue weighted by molar-refractivity contribution is 6.27. The number of para-hydroxylation sites is 6. The molecule has 0 atom stereocenters. The number of fused-ring (bicyclic) bond motifs is 37. The van der Waals surface area contributed by atoms with Crippen molar-refractivity contribution in [1.29, 1.82) is 0 Å². The van der Waals surface area contributed by atoms with Crippen molar-refractivity contribution in [3.8, 4) is 95.6 Å². The molecule has 0 bridgehead atoms. The molecule has 682 valence electrons. The lowest BCUT2D eigenvalue weighted by Gasteiger charge is -2.30. The van der Waals surface area contributed by atoms with E-state index in [-0.39, 0.29) is 0 Å². The number of benzene rings is 23. The Hall–Kier alpha value is -19.0. The van der Waals surface area contributed by atoms with E-state index in [1.165, 1.54) is 159 Å². The molecule has 0 saturated heterocycles. The van der Waals surface area contributed by atoms with Gasteiger partial charge in [-0.3, -0.25) is 0 Å². The summed E-state index contributed by atoms with van der Waals surface area (Å²) < 4.78 is 7.09. The van der Waals surface area contributed by atoms with Crippen molar-refractivity contribution in [2.45, 2.75) is 33.1 Å². The Morgan fingerprint density at radius 2 is 0.425 bits per heavy atom. The Morgan fingerprint density at radius 3 is 0.767 bits per heavy atom. The molecule has 9 nitrogen and oxygen atoms in total. The van der Waals surface area contributed by atoms with Gasteiger partial charge in [0.15, 0.2) is 0 Å². The van der Waals surface area contributed by atoms with Gasteiger partial charge in [-0.05, 0) is 195 Å². The second kappa shape index (κ2) is 33.1. The Balaban J connectivity index is 0.000000107. The second-order valence-corrected chi connectivity index (χ2v) is 39.0. The van der Waals surface area contributed by atoms with Crippen molar-refractivity contribution >= 4 is 163 Å². The van der Waals surface area contributed by atoms with Gasteiger partial charge in [-0.25, -0.2) is 29.9 Å². The van der Waals surface area contributed by atoms with Crippen molar-refractivity contribution < 1.29 is 0 Å². The van der Waals surface area contributed by atoms with Crippen LogP contribution in [0, 0.1) is 27.7 Å². The van der Waals surface area contributed by atoms with Crippen LogP contribution in [-0.2, 0) is 5.41 Å². The zero-order valence-electron chi connectivity index (χ0n) is 80.5. The standard InChI is InChI=1S/C59H35N3.C43H31N3.C35H23N3/c1-3-25-47-39(18-1)40-19-2-4-26-48(40)58-57(47)60-55(36-16-15-17-38(34-36)62-53-30-13-8-23-45(53)46-24-9-14-31-54(46)62)56(61-58)37-32-33-44-43-22-7-12-29-51(43)59(52(44)35-37)49-27-10-5-20-41(49)42-21-6-11-28-50(42)59;1-26-23-27(2)39(28(3)24-26)43-40(44-41-35-19-6-4-15-31(35)32-16-5-7-20-36(32)42(41)45-43)29-13-12-14-30(25-29)46-37-21-10-8-17-33(37)34-18-9-11-22-38(34)46;1-22-33(37-35-30-15-5-3-11-26(30)25-10-2-4-14-29(25)34(35)36-22)23-18-20-24(21-19-23)38-31-16-8-6-12-27(31)28-13-7-9-17-32(28)38/h1-35H;4-25H,1-3H3;2-21H,1H3. The fourth-order valence-electron chi connectivity index (χ4n) is 24.9. The third-order valence-corrected chi connectivity index (χ3v) is 30.9. The lowest BCUT2D eigenvalue weighted by Crippen LogP contribution is -2.25. The van der Waals surface area contributed by atoms with Crippen molar-refractivity contribution in [2.75, 3.05) is 0 Å². The van der Waals surface area contributed by atoms with Gasteiger partial charge in [-0.2, -0.15) is 0 Å². The van der Waals surface area contributed by atoms with Gasteiger partial charge in [0.1, 0.15) is 0 Å².